The number of para-hydroxylation sites is 2. The molecule has 0 N–H and O–H groups in total. The summed E-state index contributed by atoms with van der Waals surface area (Å²) in [4.78, 5) is 0. The van der Waals surface area contributed by atoms with Crippen LogP contribution in [0.4, 0.5) is 0 Å². The summed E-state index contributed by atoms with van der Waals surface area (Å²) in [5, 5.41) is 10.0. The Balaban J connectivity index is 1.23. The molecule has 7 aromatic carbocycles. The average Bonchev–Trinajstić information content (AvgIpc) is 3.86. The molecule has 0 aliphatic rings. The second kappa shape index (κ2) is 9.07. The number of nitrogens with zero attached hydrogens (tertiary/aromatic N) is 1. The molecule has 0 atom stereocenters. The highest BCUT2D eigenvalue weighted by Crippen LogP contribution is 2.45. The van der Waals surface area contributed by atoms with Gasteiger partial charge in [-0.15, -0.1) is 22.7 Å². The van der Waals surface area contributed by atoms with Crippen LogP contribution in [0.3, 0.4) is 0 Å². The number of rotatable bonds is 2. The summed E-state index contributed by atoms with van der Waals surface area (Å²) in [7, 11) is 0. The SMILES string of the molecule is c1ccc2c(c1)oc1ccc3c4ccccc4n(-c4cccc5sc6ccc(-c7ccc8sc9ccccc9c8c7)cc6c45)c3c12. The molecule has 11 rings (SSSR count). The van der Waals surface area contributed by atoms with Gasteiger partial charge in [-0.1, -0.05) is 72.8 Å². The van der Waals surface area contributed by atoms with Gasteiger partial charge in [0.05, 0.1) is 22.1 Å². The first-order chi connectivity index (χ1) is 22.8. The van der Waals surface area contributed by atoms with Gasteiger partial charge in [-0.2, -0.15) is 0 Å². The molecule has 0 aliphatic carbocycles. The van der Waals surface area contributed by atoms with Gasteiger partial charge in [-0.25, -0.2) is 0 Å². The molecule has 0 saturated heterocycles. The van der Waals surface area contributed by atoms with Crippen LogP contribution in [0.5, 0.6) is 0 Å². The van der Waals surface area contributed by atoms with E-state index in [0.717, 1.165) is 21.9 Å². The summed E-state index contributed by atoms with van der Waals surface area (Å²) in [6.45, 7) is 0. The van der Waals surface area contributed by atoms with Gasteiger partial charge in [0.25, 0.3) is 0 Å². The second-order valence-corrected chi connectivity index (χ2v) is 14.2. The predicted octanol–water partition coefficient (Wildman–Crippen LogP) is 13.1. The van der Waals surface area contributed by atoms with Gasteiger partial charge in [-0.05, 0) is 77.9 Å². The Kier molecular flexibility index (Phi) is 4.90. The van der Waals surface area contributed by atoms with E-state index >= 15 is 0 Å². The Morgan fingerprint density at radius 3 is 1.98 bits per heavy atom. The lowest BCUT2D eigenvalue weighted by atomic mass is 10.0. The molecule has 4 heteroatoms. The van der Waals surface area contributed by atoms with Crippen molar-refractivity contribution in [3.05, 3.63) is 140 Å². The smallest absolute Gasteiger partial charge is 0.137 e. The Morgan fingerprint density at radius 1 is 0.413 bits per heavy atom. The molecule has 0 aliphatic heterocycles. The van der Waals surface area contributed by atoms with Crippen molar-refractivity contribution >= 4 is 107 Å². The van der Waals surface area contributed by atoms with Crippen molar-refractivity contribution in [3.8, 4) is 16.8 Å². The van der Waals surface area contributed by atoms with Gasteiger partial charge < -0.3 is 8.98 Å². The average molecular weight is 622 g/mol. The third kappa shape index (κ3) is 3.30. The van der Waals surface area contributed by atoms with Crippen molar-refractivity contribution in [3.63, 3.8) is 0 Å². The van der Waals surface area contributed by atoms with Crippen molar-refractivity contribution in [1.29, 1.82) is 0 Å². The first-order valence-corrected chi connectivity index (χ1v) is 17.1. The molecule has 11 aromatic rings. The number of thiophene rings is 2. The zero-order valence-corrected chi connectivity index (χ0v) is 26.1. The maximum absolute atomic E-state index is 6.40. The molecule has 4 aromatic heterocycles. The van der Waals surface area contributed by atoms with Gasteiger partial charge in [0.1, 0.15) is 11.2 Å². The largest absolute Gasteiger partial charge is 0.456 e. The molecule has 0 bridgehead atoms. The Labute approximate surface area is 270 Å². The molecule has 46 heavy (non-hydrogen) atoms. The van der Waals surface area contributed by atoms with E-state index in [1.807, 2.05) is 28.7 Å². The monoisotopic (exact) mass is 621 g/mol. The maximum atomic E-state index is 6.40. The fourth-order valence-corrected chi connectivity index (χ4v) is 9.79. The highest BCUT2D eigenvalue weighted by atomic mass is 32.1. The number of aromatic nitrogens is 1. The number of fused-ring (bicyclic) bond motifs is 13. The lowest BCUT2D eigenvalue weighted by Crippen LogP contribution is -1.95. The molecular formula is C42H23NOS2. The van der Waals surface area contributed by atoms with Crippen LogP contribution < -0.4 is 0 Å². The highest BCUT2D eigenvalue weighted by Gasteiger charge is 2.21. The topological polar surface area (TPSA) is 18.1 Å². The number of benzene rings is 7. The lowest BCUT2D eigenvalue weighted by Gasteiger charge is -2.11. The molecule has 214 valence electrons. The minimum atomic E-state index is 0.916. The summed E-state index contributed by atoms with van der Waals surface area (Å²) in [5.41, 5.74) is 7.92. The molecule has 0 spiro atoms. The van der Waals surface area contributed by atoms with Crippen LogP contribution in [0.15, 0.2) is 144 Å². The number of hydrogen-bond acceptors (Lipinski definition) is 3. The van der Waals surface area contributed by atoms with E-state index in [9.17, 15) is 0 Å². The molecule has 0 saturated carbocycles. The molecule has 2 nitrogen and oxygen atoms in total. The second-order valence-electron chi connectivity index (χ2n) is 12.1. The third-order valence-electron chi connectivity index (χ3n) is 9.60. The zero-order chi connectivity index (χ0) is 29.9. The summed E-state index contributed by atoms with van der Waals surface area (Å²) >= 11 is 3.74. The van der Waals surface area contributed by atoms with Crippen LogP contribution in [-0.4, -0.2) is 4.57 Å². The molecule has 4 heterocycles. The van der Waals surface area contributed by atoms with Crippen molar-refractivity contribution in [1.82, 2.24) is 4.57 Å². The Bertz CT molecular complexity index is 3040. The molecule has 0 fully saturated rings. The van der Waals surface area contributed by atoms with Crippen molar-refractivity contribution in [2.24, 2.45) is 0 Å². The van der Waals surface area contributed by atoms with Crippen molar-refractivity contribution in [2.45, 2.75) is 0 Å². The summed E-state index contributed by atoms with van der Waals surface area (Å²) < 4.78 is 14.1. The molecular weight excluding hydrogens is 599 g/mol. The minimum absolute atomic E-state index is 0.916. The summed E-state index contributed by atoms with van der Waals surface area (Å²) in [6.07, 6.45) is 0. The number of hydrogen-bond donors (Lipinski definition) is 0. The van der Waals surface area contributed by atoms with Gasteiger partial charge in [0.15, 0.2) is 0 Å². The fraction of sp³-hybridized carbons (Fsp3) is 0. The predicted molar refractivity (Wildman–Crippen MR) is 199 cm³/mol. The van der Waals surface area contributed by atoms with Crippen molar-refractivity contribution < 1.29 is 4.42 Å². The molecule has 0 unspecified atom stereocenters. The van der Waals surface area contributed by atoms with E-state index in [-0.39, 0.29) is 0 Å². The van der Waals surface area contributed by atoms with E-state index in [4.69, 9.17) is 4.42 Å². The van der Waals surface area contributed by atoms with Crippen LogP contribution in [0.25, 0.3) is 101 Å². The first-order valence-electron chi connectivity index (χ1n) is 15.5. The Morgan fingerprint density at radius 2 is 1.09 bits per heavy atom. The summed E-state index contributed by atoms with van der Waals surface area (Å²) in [6, 6.07) is 51.0. The van der Waals surface area contributed by atoms with E-state index in [1.54, 1.807) is 0 Å². The van der Waals surface area contributed by atoms with E-state index in [2.05, 4.69) is 138 Å². The molecule has 0 radical (unpaired) electrons. The van der Waals surface area contributed by atoms with E-state index in [0.29, 0.717) is 0 Å². The standard InChI is InChI=1S/C42H23NOS2/c1-4-11-32-26(8-1)28-18-19-35-41(29-10-2-5-13-34(29)44-35)42(28)43(32)33-12-7-15-39-40(33)31-23-25(17-21-38(31)46-39)24-16-20-37-30(22-24)27-9-3-6-14-36(27)45-37/h1-23H. The van der Waals surface area contributed by atoms with Crippen LogP contribution in [-0.2, 0) is 0 Å². The Hall–Kier alpha value is -5.42. The van der Waals surface area contributed by atoms with Crippen LogP contribution in [0.1, 0.15) is 0 Å². The van der Waals surface area contributed by atoms with Crippen LogP contribution in [0, 0.1) is 0 Å². The van der Waals surface area contributed by atoms with Gasteiger partial charge in [-0.3, -0.25) is 0 Å². The quantitative estimate of drug-likeness (QED) is 0.188. The fourth-order valence-electron chi connectivity index (χ4n) is 7.59. The zero-order valence-electron chi connectivity index (χ0n) is 24.5. The van der Waals surface area contributed by atoms with Gasteiger partial charge >= 0.3 is 0 Å². The minimum Gasteiger partial charge on any atom is -0.456 e. The lowest BCUT2D eigenvalue weighted by molar-refractivity contribution is 0.669. The highest BCUT2D eigenvalue weighted by molar-refractivity contribution is 7.26. The number of furan rings is 1. The first kappa shape index (κ1) is 24.8. The van der Waals surface area contributed by atoms with E-state index < -0.39 is 0 Å². The normalized spacial score (nSPS) is 12.3. The van der Waals surface area contributed by atoms with Crippen LogP contribution >= 0.6 is 22.7 Å². The van der Waals surface area contributed by atoms with Gasteiger partial charge in [0, 0.05) is 56.5 Å². The van der Waals surface area contributed by atoms with Crippen molar-refractivity contribution in [2.75, 3.05) is 0 Å². The maximum Gasteiger partial charge on any atom is 0.137 e. The summed E-state index contributed by atoms with van der Waals surface area (Å²) in [5.74, 6) is 0. The molecule has 0 amide bonds. The third-order valence-corrected chi connectivity index (χ3v) is 11.9. The van der Waals surface area contributed by atoms with Crippen LogP contribution in [0.2, 0.25) is 0 Å². The van der Waals surface area contributed by atoms with E-state index in [1.165, 1.54) is 79.0 Å². The van der Waals surface area contributed by atoms with Gasteiger partial charge in [0.2, 0.25) is 0 Å².